The molecule has 1 rings (SSSR count). The summed E-state index contributed by atoms with van der Waals surface area (Å²) < 4.78 is 5.31. The van der Waals surface area contributed by atoms with Crippen LogP contribution in [0.15, 0.2) is 0 Å². The molecule has 1 heterocycles. The topological polar surface area (TPSA) is 41.6 Å². The SMILES string of the molecule is CCC(C)(C)C(=O)NCCCCN1CCOCC1. The number of amides is 1. The second-order valence-electron chi connectivity index (χ2n) is 5.65. The molecule has 106 valence electrons. The van der Waals surface area contributed by atoms with Gasteiger partial charge >= 0.3 is 0 Å². The Kier molecular flexibility index (Phi) is 6.65. The molecule has 0 spiro atoms. The molecule has 0 atom stereocenters. The molecule has 1 aliphatic heterocycles. The molecule has 1 N–H and O–H groups in total. The zero-order valence-electron chi connectivity index (χ0n) is 12.1. The minimum Gasteiger partial charge on any atom is -0.379 e. The molecule has 0 unspecified atom stereocenters. The molecule has 1 amide bonds. The van der Waals surface area contributed by atoms with Gasteiger partial charge in [0.2, 0.25) is 5.91 Å². The number of ether oxygens (including phenoxy) is 1. The number of nitrogens with one attached hydrogen (secondary N) is 1. The Hall–Kier alpha value is -0.610. The van der Waals surface area contributed by atoms with E-state index < -0.39 is 0 Å². The van der Waals surface area contributed by atoms with Crippen LogP contribution in [0.1, 0.15) is 40.0 Å². The number of carbonyl (C=O) groups excluding carboxylic acids is 1. The Bertz CT molecular complexity index is 248. The van der Waals surface area contributed by atoms with Crippen molar-refractivity contribution in [2.24, 2.45) is 5.41 Å². The first-order valence-electron chi connectivity index (χ1n) is 7.14. The van der Waals surface area contributed by atoms with E-state index in [2.05, 4.69) is 17.1 Å². The summed E-state index contributed by atoms with van der Waals surface area (Å²) in [6.07, 6.45) is 3.09. The molecule has 0 saturated carbocycles. The first kappa shape index (κ1) is 15.4. The van der Waals surface area contributed by atoms with Crippen LogP contribution in [0.5, 0.6) is 0 Å². The van der Waals surface area contributed by atoms with Gasteiger partial charge in [-0.3, -0.25) is 9.69 Å². The molecule has 1 aliphatic rings. The van der Waals surface area contributed by atoms with E-state index in [0.717, 1.165) is 58.7 Å². The van der Waals surface area contributed by atoms with Crippen molar-refractivity contribution in [2.75, 3.05) is 39.4 Å². The predicted octanol–water partition coefficient (Wildman–Crippen LogP) is 1.65. The van der Waals surface area contributed by atoms with Gasteiger partial charge in [0.05, 0.1) is 13.2 Å². The summed E-state index contributed by atoms with van der Waals surface area (Å²) >= 11 is 0. The highest BCUT2D eigenvalue weighted by atomic mass is 16.5. The van der Waals surface area contributed by atoms with Crippen LogP contribution < -0.4 is 5.32 Å². The molecular formula is C14H28N2O2. The van der Waals surface area contributed by atoms with Crippen molar-refractivity contribution in [3.63, 3.8) is 0 Å². The summed E-state index contributed by atoms with van der Waals surface area (Å²) in [4.78, 5) is 14.3. The number of rotatable bonds is 7. The van der Waals surface area contributed by atoms with Crippen molar-refractivity contribution in [3.05, 3.63) is 0 Å². The summed E-state index contributed by atoms with van der Waals surface area (Å²) in [5.74, 6) is 0.177. The van der Waals surface area contributed by atoms with Gasteiger partial charge in [0, 0.05) is 25.0 Å². The van der Waals surface area contributed by atoms with E-state index >= 15 is 0 Å². The molecule has 0 radical (unpaired) electrons. The number of carbonyl (C=O) groups is 1. The van der Waals surface area contributed by atoms with E-state index in [0.29, 0.717) is 0 Å². The summed E-state index contributed by atoms with van der Waals surface area (Å²) in [5.41, 5.74) is -0.232. The molecule has 0 bridgehead atoms. The molecule has 0 aromatic carbocycles. The van der Waals surface area contributed by atoms with E-state index in [1.807, 2.05) is 13.8 Å². The molecule has 4 heteroatoms. The second kappa shape index (κ2) is 7.74. The van der Waals surface area contributed by atoms with Gasteiger partial charge in [0.15, 0.2) is 0 Å². The van der Waals surface area contributed by atoms with Crippen LogP contribution >= 0.6 is 0 Å². The number of hydrogen-bond acceptors (Lipinski definition) is 3. The van der Waals surface area contributed by atoms with Crippen molar-refractivity contribution in [2.45, 2.75) is 40.0 Å². The van der Waals surface area contributed by atoms with Crippen molar-refractivity contribution in [1.82, 2.24) is 10.2 Å². The lowest BCUT2D eigenvalue weighted by Crippen LogP contribution is -2.38. The Morgan fingerprint density at radius 2 is 1.94 bits per heavy atom. The van der Waals surface area contributed by atoms with Gasteiger partial charge in [-0.2, -0.15) is 0 Å². The smallest absolute Gasteiger partial charge is 0.225 e. The lowest BCUT2D eigenvalue weighted by Gasteiger charge is -2.26. The van der Waals surface area contributed by atoms with Gasteiger partial charge < -0.3 is 10.1 Å². The minimum absolute atomic E-state index is 0.177. The third-order valence-electron chi connectivity index (χ3n) is 3.79. The summed E-state index contributed by atoms with van der Waals surface area (Å²) in [5, 5.41) is 3.03. The number of nitrogens with zero attached hydrogens (tertiary/aromatic N) is 1. The Labute approximate surface area is 111 Å². The fourth-order valence-electron chi connectivity index (χ4n) is 1.89. The largest absolute Gasteiger partial charge is 0.379 e. The van der Waals surface area contributed by atoms with Crippen molar-refractivity contribution in [3.8, 4) is 0 Å². The average Bonchev–Trinajstić information content (AvgIpc) is 2.39. The van der Waals surface area contributed by atoms with Gasteiger partial charge in [0.1, 0.15) is 0 Å². The quantitative estimate of drug-likeness (QED) is 0.704. The fourth-order valence-corrected chi connectivity index (χ4v) is 1.89. The van der Waals surface area contributed by atoms with Gasteiger partial charge in [0.25, 0.3) is 0 Å². The standard InChI is InChI=1S/C14H28N2O2/c1-4-14(2,3)13(17)15-7-5-6-8-16-9-11-18-12-10-16/h4-12H2,1-3H3,(H,15,17). The molecule has 1 saturated heterocycles. The second-order valence-corrected chi connectivity index (χ2v) is 5.65. The van der Waals surface area contributed by atoms with Crippen LogP contribution in [0.4, 0.5) is 0 Å². The summed E-state index contributed by atoms with van der Waals surface area (Å²) in [6, 6.07) is 0. The van der Waals surface area contributed by atoms with Crippen LogP contribution in [-0.2, 0) is 9.53 Å². The van der Waals surface area contributed by atoms with Crippen molar-refractivity contribution >= 4 is 5.91 Å². The van der Waals surface area contributed by atoms with Crippen molar-refractivity contribution in [1.29, 1.82) is 0 Å². The molecule has 0 aromatic rings. The maximum absolute atomic E-state index is 11.8. The monoisotopic (exact) mass is 256 g/mol. The molecular weight excluding hydrogens is 228 g/mol. The first-order chi connectivity index (χ1) is 8.56. The first-order valence-corrected chi connectivity index (χ1v) is 7.14. The number of unbranched alkanes of at least 4 members (excludes halogenated alkanes) is 1. The third-order valence-corrected chi connectivity index (χ3v) is 3.79. The van der Waals surface area contributed by atoms with Gasteiger partial charge in [-0.25, -0.2) is 0 Å². The average molecular weight is 256 g/mol. The summed E-state index contributed by atoms with van der Waals surface area (Å²) in [6.45, 7) is 11.8. The highest BCUT2D eigenvalue weighted by molar-refractivity contribution is 5.81. The van der Waals surface area contributed by atoms with E-state index in [9.17, 15) is 4.79 Å². The van der Waals surface area contributed by atoms with Crippen LogP contribution in [0.25, 0.3) is 0 Å². The lowest BCUT2D eigenvalue weighted by atomic mass is 9.89. The molecule has 0 aromatic heterocycles. The van der Waals surface area contributed by atoms with E-state index in [1.165, 1.54) is 0 Å². The van der Waals surface area contributed by atoms with E-state index in [1.54, 1.807) is 0 Å². The van der Waals surface area contributed by atoms with Crippen LogP contribution in [-0.4, -0.2) is 50.2 Å². The zero-order valence-corrected chi connectivity index (χ0v) is 12.1. The predicted molar refractivity (Wildman–Crippen MR) is 73.6 cm³/mol. The Morgan fingerprint density at radius 3 is 2.56 bits per heavy atom. The lowest BCUT2D eigenvalue weighted by molar-refractivity contribution is -0.129. The van der Waals surface area contributed by atoms with Crippen LogP contribution in [0.3, 0.4) is 0 Å². The van der Waals surface area contributed by atoms with E-state index in [4.69, 9.17) is 4.74 Å². The molecule has 4 nitrogen and oxygen atoms in total. The van der Waals surface area contributed by atoms with Crippen LogP contribution in [0, 0.1) is 5.41 Å². The molecule has 0 aliphatic carbocycles. The van der Waals surface area contributed by atoms with Gasteiger partial charge in [-0.1, -0.05) is 20.8 Å². The van der Waals surface area contributed by atoms with Gasteiger partial charge in [-0.05, 0) is 25.8 Å². The number of hydrogen-bond donors (Lipinski definition) is 1. The van der Waals surface area contributed by atoms with Crippen LogP contribution in [0.2, 0.25) is 0 Å². The highest BCUT2D eigenvalue weighted by Gasteiger charge is 2.24. The zero-order chi connectivity index (χ0) is 13.4. The minimum atomic E-state index is -0.232. The third kappa shape index (κ3) is 5.36. The maximum Gasteiger partial charge on any atom is 0.225 e. The molecule has 18 heavy (non-hydrogen) atoms. The maximum atomic E-state index is 11.8. The Morgan fingerprint density at radius 1 is 1.28 bits per heavy atom. The van der Waals surface area contributed by atoms with Crippen molar-refractivity contribution < 1.29 is 9.53 Å². The fraction of sp³-hybridized carbons (Fsp3) is 0.929. The van der Waals surface area contributed by atoms with Gasteiger partial charge in [-0.15, -0.1) is 0 Å². The summed E-state index contributed by atoms with van der Waals surface area (Å²) in [7, 11) is 0. The molecule has 1 fully saturated rings. The normalized spacial score (nSPS) is 17.7. The Balaban J connectivity index is 2.03. The highest BCUT2D eigenvalue weighted by Crippen LogP contribution is 2.19. The number of morpholine rings is 1. The van der Waals surface area contributed by atoms with E-state index in [-0.39, 0.29) is 11.3 Å².